The molecule has 5 nitrogen and oxygen atoms in total. The smallest absolute Gasteiger partial charge is 0.371 e. The molecule has 0 spiro atoms. The number of hydrogen-bond donors (Lipinski definition) is 1. The maximum Gasteiger partial charge on any atom is 0.371 e. The van der Waals surface area contributed by atoms with Crippen molar-refractivity contribution in [3.05, 3.63) is 78.0 Å². The molecule has 0 saturated heterocycles. The normalized spacial score (nSPS) is 16.5. The Balaban J connectivity index is 1.85. The molecule has 1 atom stereocenters. The van der Waals surface area contributed by atoms with E-state index in [9.17, 15) is 8.78 Å². The van der Waals surface area contributed by atoms with Gasteiger partial charge in [0.15, 0.2) is 11.5 Å². The Morgan fingerprint density at radius 3 is 2.56 bits per heavy atom. The second-order valence-corrected chi connectivity index (χ2v) is 8.81. The van der Waals surface area contributed by atoms with Crippen molar-refractivity contribution in [3.8, 4) is 11.4 Å². The van der Waals surface area contributed by atoms with E-state index in [0.717, 1.165) is 41.0 Å². The van der Waals surface area contributed by atoms with Gasteiger partial charge in [0.1, 0.15) is 23.1 Å². The number of fused-ring (bicyclic) bond motifs is 1. The van der Waals surface area contributed by atoms with E-state index in [2.05, 4.69) is 23.9 Å². The second kappa shape index (κ2) is 10.6. The van der Waals surface area contributed by atoms with Crippen LogP contribution in [0.1, 0.15) is 43.9 Å². The Kier molecular flexibility index (Phi) is 7.56. The Morgan fingerprint density at radius 2 is 1.92 bits per heavy atom. The lowest BCUT2D eigenvalue weighted by Gasteiger charge is -2.42. The molecule has 1 N–H and O–H groups in total. The number of nitrogens with one attached hydrogen (secondary N) is 1. The van der Waals surface area contributed by atoms with Crippen LogP contribution in [0.15, 0.2) is 55.1 Å². The third-order valence-electron chi connectivity index (χ3n) is 6.38. The van der Waals surface area contributed by atoms with Gasteiger partial charge in [-0.15, -0.1) is 6.58 Å². The molecule has 1 aromatic heterocycles. The lowest BCUT2D eigenvalue weighted by molar-refractivity contribution is -0.0278. The van der Waals surface area contributed by atoms with Gasteiger partial charge in [-0.3, -0.25) is 0 Å². The van der Waals surface area contributed by atoms with Gasteiger partial charge in [0.2, 0.25) is 0 Å². The Hall–Kier alpha value is -3.49. The lowest BCUT2D eigenvalue weighted by Crippen LogP contribution is -2.51. The first-order valence-corrected chi connectivity index (χ1v) is 12.1. The summed E-state index contributed by atoms with van der Waals surface area (Å²) in [6.07, 6.45) is 4.90. The molecule has 0 saturated carbocycles. The number of rotatable bonds is 10. The van der Waals surface area contributed by atoms with Gasteiger partial charge in [-0.25, -0.2) is 13.5 Å². The fourth-order valence-electron chi connectivity index (χ4n) is 4.64. The molecule has 2 heterocycles. The van der Waals surface area contributed by atoms with Crippen LogP contribution in [0.3, 0.4) is 0 Å². The molecule has 1 unspecified atom stereocenters. The number of halogens is 4. The largest absolute Gasteiger partial charge is 0.497 e. The number of benzene rings is 2. The van der Waals surface area contributed by atoms with Crippen molar-refractivity contribution >= 4 is 11.5 Å². The van der Waals surface area contributed by atoms with E-state index < -0.39 is 29.4 Å². The standard InChI is InChI=1S/C27H30F4N4O/c1-4-6-7-15-32-26-22-17-20(8-5-2)34(19-10-12-21(36-3)13-11-19)27(30,31)25(22)33-35(26)24-14-9-18(28)16-23(24)29/h5,9-14,16,20,32H,2,4,6-8,15,17H2,1,3H3. The zero-order valence-corrected chi connectivity index (χ0v) is 20.4. The van der Waals surface area contributed by atoms with Gasteiger partial charge in [-0.1, -0.05) is 25.8 Å². The fourth-order valence-corrected chi connectivity index (χ4v) is 4.64. The maximum atomic E-state index is 16.2. The summed E-state index contributed by atoms with van der Waals surface area (Å²) >= 11 is 0. The van der Waals surface area contributed by atoms with Gasteiger partial charge in [0.05, 0.1) is 7.11 Å². The minimum absolute atomic E-state index is 0.101. The molecule has 192 valence electrons. The van der Waals surface area contributed by atoms with Crippen molar-refractivity contribution < 1.29 is 22.3 Å². The molecule has 0 aliphatic carbocycles. The van der Waals surface area contributed by atoms with Gasteiger partial charge in [-0.05, 0) is 55.7 Å². The summed E-state index contributed by atoms with van der Waals surface area (Å²) in [5.74, 6) is -0.790. The van der Waals surface area contributed by atoms with Crippen LogP contribution in [-0.4, -0.2) is 29.5 Å². The Labute approximate surface area is 208 Å². The van der Waals surface area contributed by atoms with Crippen LogP contribution >= 0.6 is 0 Å². The number of aromatic nitrogens is 2. The highest BCUT2D eigenvalue weighted by Crippen LogP contribution is 2.47. The summed E-state index contributed by atoms with van der Waals surface area (Å²) in [6.45, 7) is 6.34. The summed E-state index contributed by atoms with van der Waals surface area (Å²) in [6, 6.07) is 5.30. The zero-order chi connectivity index (χ0) is 25.9. The number of ether oxygens (including phenoxy) is 1. The van der Waals surface area contributed by atoms with E-state index in [-0.39, 0.29) is 12.1 Å². The van der Waals surface area contributed by atoms with Gasteiger partial charge in [0, 0.05) is 29.9 Å². The number of hydrogen-bond acceptors (Lipinski definition) is 4. The fraction of sp³-hybridized carbons (Fsp3) is 0.370. The van der Waals surface area contributed by atoms with Gasteiger partial charge >= 0.3 is 6.05 Å². The average molecular weight is 503 g/mol. The van der Waals surface area contributed by atoms with Crippen molar-refractivity contribution in [1.82, 2.24) is 9.78 Å². The monoisotopic (exact) mass is 502 g/mol. The van der Waals surface area contributed by atoms with Crippen LogP contribution in [0.4, 0.5) is 29.1 Å². The van der Waals surface area contributed by atoms with E-state index in [1.807, 2.05) is 0 Å². The maximum absolute atomic E-state index is 16.2. The molecule has 0 radical (unpaired) electrons. The molecule has 4 rings (SSSR count). The summed E-state index contributed by atoms with van der Waals surface area (Å²) in [4.78, 5) is 1.04. The highest BCUT2D eigenvalue weighted by atomic mass is 19.3. The SMILES string of the molecule is C=CCC1Cc2c(nn(-c3ccc(F)cc3F)c2NCCCCC)C(F)(F)N1c1ccc(OC)cc1. The molecular weight excluding hydrogens is 472 g/mol. The molecule has 36 heavy (non-hydrogen) atoms. The summed E-state index contributed by atoms with van der Waals surface area (Å²) in [5.41, 5.74) is 0.0614. The zero-order valence-electron chi connectivity index (χ0n) is 20.4. The van der Waals surface area contributed by atoms with Crippen molar-refractivity contribution in [1.29, 1.82) is 0 Å². The summed E-state index contributed by atoms with van der Waals surface area (Å²) < 4.78 is 67.1. The highest BCUT2D eigenvalue weighted by molar-refractivity contribution is 5.61. The topological polar surface area (TPSA) is 42.3 Å². The first kappa shape index (κ1) is 25.6. The number of unbranched alkanes of at least 4 members (excludes halogenated alkanes) is 2. The van der Waals surface area contributed by atoms with E-state index in [1.54, 1.807) is 30.3 Å². The second-order valence-electron chi connectivity index (χ2n) is 8.81. The number of anilines is 2. The Morgan fingerprint density at radius 1 is 1.17 bits per heavy atom. The summed E-state index contributed by atoms with van der Waals surface area (Å²) in [7, 11) is 1.51. The van der Waals surface area contributed by atoms with E-state index >= 15 is 8.78 Å². The predicted molar refractivity (Wildman–Crippen MR) is 133 cm³/mol. The predicted octanol–water partition coefficient (Wildman–Crippen LogP) is 6.82. The van der Waals surface area contributed by atoms with Gasteiger partial charge in [0.25, 0.3) is 0 Å². The van der Waals surface area contributed by atoms with Crippen LogP contribution in [0.25, 0.3) is 5.69 Å². The minimum atomic E-state index is -3.50. The highest BCUT2D eigenvalue weighted by Gasteiger charge is 2.52. The molecule has 2 aromatic carbocycles. The van der Waals surface area contributed by atoms with E-state index in [4.69, 9.17) is 4.74 Å². The van der Waals surface area contributed by atoms with Crippen LogP contribution in [0, 0.1) is 11.6 Å². The molecule has 0 fully saturated rings. The van der Waals surface area contributed by atoms with Crippen molar-refractivity contribution in [2.75, 3.05) is 23.9 Å². The molecule has 3 aromatic rings. The quantitative estimate of drug-likeness (QED) is 0.143. The molecule has 0 amide bonds. The Bertz CT molecular complexity index is 1210. The van der Waals surface area contributed by atoms with Gasteiger partial charge in [-0.2, -0.15) is 13.9 Å². The van der Waals surface area contributed by atoms with Crippen molar-refractivity contribution in [3.63, 3.8) is 0 Å². The molecule has 9 heteroatoms. The van der Waals surface area contributed by atoms with Gasteiger partial charge < -0.3 is 15.0 Å². The molecule has 1 aliphatic rings. The van der Waals surface area contributed by atoms with E-state index in [0.29, 0.717) is 35.8 Å². The average Bonchev–Trinajstić information content (AvgIpc) is 3.21. The first-order valence-electron chi connectivity index (χ1n) is 12.1. The van der Waals surface area contributed by atoms with E-state index in [1.165, 1.54) is 13.2 Å². The van der Waals surface area contributed by atoms with Crippen molar-refractivity contribution in [2.45, 2.75) is 51.1 Å². The number of nitrogens with zero attached hydrogens (tertiary/aromatic N) is 3. The third kappa shape index (κ3) is 4.79. The number of alkyl halides is 2. The van der Waals surface area contributed by atoms with Crippen LogP contribution in [0.5, 0.6) is 5.75 Å². The first-order chi connectivity index (χ1) is 17.3. The number of methoxy groups -OCH3 is 1. The summed E-state index contributed by atoms with van der Waals surface area (Å²) in [5, 5.41) is 7.43. The molecule has 1 aliphatic heterocycles. The third-order valence-corrected chi connectivity index (χ3v) is 6.38. The molecular formula is C27H30F4N4O. The minimum Gasteiger partial charge on any atom is -0.497 e. The van der Waals surface area contributed by atoms with Crippen LogP contribution < -0.4 is 15.0 Å². The van der Waals surface area contributed by atoms with Crippen LogP contribution in [0.2, 0.25) is 0 Å². The van der Waals surface area contributed by atoms with Crippen molar-refractivity contribution in [2.24, 2.45) is 0 Å². The van der Waals surface area contributed by atoms with Crippen LogP contribution in [-0.2, 0) is 12.5 Å². The molecule has 0 bridgehead atoms. The lowest BCUT2D eigenvalue weighted by atomic mass is 9.93.